The topological polar surface area (TPSA) is 88.2 Å². The molecule has 1 aliphatic carbocycles. The Morgan fingerprint density at radius 2 is 1.62 bits per heavy atom. The molecule has 2 aromatic rings. The first kappa shape index (κ1) is 33.9. The van der Waals surface area contributed by atoms with Gasteiger partial charge in [0.05, 0.1) is 18.1 Å². The van der Waals surface area contributed by atoms with E-state index in [4.69, 9.17) is 9.47 Å². The lowest BCUT2D eigenvalue weighted by Crippen LogP contribution is -2.47. The van der Waals surface area contributed by atoms with Crippen LogP contribution in [0.25, 0.3) is 0 Å². The minimum atomic E-state index is -3.69. The number of rotatable bonds is 12. The summed E-state index contributed by atoms with van der Waals surface area (Å²) >= 11 is 0. The summed E-state index contributed by atoms with van der Waals surface area (Å²) in [5, 5.41) is 3.23. The third kappa shape index (κ3) is 8.88. The Kier molecular flexibility index (Phi) is 12.0. The standard InChI is InChI=1S/C36H53N3O5S/c1-27-23-33(43-3)24-28(2)36(27)45(41,42)39-22-10-13-32(25-39)44-26-35(40)37-31-17-15-30(16-18-31)34(38-20-8-5-9-21-38)19-14-29-11-6-4-7-12-29/h4,6-7,11-12,23-24,30-32,34H,5,8-10,13-22,25-26H2,1-3H3,(H,37,40). The van der Waals surface area contributed by atoms with Gasteiger partial charge in [-0.2, -0.15) is 4.31 Å². The number of likely N-dealkylation sites (tertiary alicyclic amines) is 1. The van der Waals surface area contributed by atoms with Crippen molar-refractivity contribution >= 4 is 15.9 Å². The molecule has 1 saturated carbocycles. The molecule has 9 heteroatoms. The maximum atomic E-state index is 13.6. The van der Waals surface area contributed by atoms with Crippen LogP contribution >= 0.6 is 0 Å². The molecule has 0 bridgehead atoms. The monoisotopic (exact) mass is 639 g/mol. The number of piperidine rings is 2. The molecule has 1 amide bonds. The van der Waals surface area contributed by atoms with Crippen molar-refractivity contribution in [2.24, 2.45) is 5.92 Å². The molecule has 2 unspecified atom stereocenters. The van der Waals surface area contributed by atoms with Gasteiger partial charge in [-0.3, -0.25) is 4.79 Å². The number of hydrogen-bond donors (Lipinski definition) is 1. The number of amides is 1. The van der Waals surface area contributed by atoms with Gasteiger partial charge in [0.1, 0.15) is 12.4 Å². The summed E-state index contributed by atoms with van der Waals surface area (Å²) in [6, 6.07) is 15.2. The second kappa shape index (κ2) is 15.9. The fourth-order valence-electron chi connectivity index (χ4n) is 7.86. The average Bonchev–Trinajstić information content (AvgIpc) is 3.05. The molecule has 2 heterocycles. The van der Waals surface area contributed by atoms with Gasteiger partial charge in [0.15, 0.2) is 0 Å². The minimum absolute atomic E-state index is 0.0352. The van der Waals surface area contributed by atoms with Crippen LogP contribution in [0.15, 0.2) is 47.4 Å². The predicted molar refractivity (Wildman–Crippen MR) is 178 cm³/mol. The lowest BCUT2D eigenvalue weighted by Gasteiger charge is -2.42. The molecule has 248 valence electrons. The van der Waals surface area contributed by atoms with Crippen molar-refractivity contribution in [1.29, 1.82) is 0 Å². The van der Waals surface area contributed by atoms with Crippen LogP contribution < -0.4 is 10.1 Å². The number of carbonyl (C=O) groups is 1. The van der Waals surface area contributed by atoms with Gasteiger partial charge >= 0.3 is 0 Å². The van der Waals surface area contributed by atoms with Gasteiger partial charge < -0.3 is 19.7 Å². The number of methoxy groups -OCH3 is 1. The smallest absolute Gasteiger partial charge is 0.246 e. The molecule has 1 N–H and O–H groups in total. The van der Waals surface area contributed by atoms with Crippen molar-refractivity contribution in [3.05, 3.63) is 59.2 Å². The van der Waals surface area contributed by atoms with E-state index in [0.29, 0.717) is 46.7 Å². The molecule has 2 atom stereocenters. The Morgan fingerprint density at radius 3 is 2.29 bits per heavy atom. The summed E-state index contributed by atoms with van der Waals surface area (Å²) < 4.78 is 40.1. The molecule has 2 aromatic carbocycles. The number of aryl methyl sites for hydroxylation is 3. The Morgan fingerprint density at radius 1 is 0.933 bits per heavy atom. The molecule has 5 rings (SSSR count). The van der Waals surface area contributed by atoms with Crippen molar-refractivity contribution in [1.82, 2.24) is 14.5 Å². The van der Waals surface area contributed by atoms with Crippen LogP contribution in [0.3, 0.4) is 0 Å². The minimum Gasteiger partial charge on any atom is -0.497 e. The van der Waals surface area contributed by atoms with Crippen molar-refractivity contribution in [2.75, 3.05) is 39.9 Å². The number of benzene rings is 2. The molecular weight excluding hydrogens is 586 g/mol. The maximum absolute atomic E-state index is 13.6. The third-order valence-corrected chi connectivity index (χ3v) is 12.3. The first-order valence-electron chi connectivity index (χ1n) is 17.1. The Bertz CT molecular complexity index is 1330. The molecule has 0 spiro atoms. The molecule has 0 radical (unpaired) electrons. The number of nitrogens with zero attached hydrogens (tertiary/aromatic N) is 2. The van der Waals surface area contributed by atoms with Crippen LogP contribution in [0.5, 0.6) is 5.75 Å². The molecule has 8 nitrogen and oxygen atoms in total. The van der Waals surface area contributed by atoms with Gasteiger partial charge in [0.2, 0.25) is 15.9 Å². The number of ether oxygens (including phenoxy) is 2. The number of nitrogens with one attached hydrogen (secondary N) is 1. The molecule has 0 aromatic heterocycles. The zero-order valence-electron chi connectivity index (χ0n) is 27.5. The summed E-state index contributed by atoms with van der Waals surface area (Å²) in [6.07, 6.45) is 11.7. The van der Waals surface area contributed by atoms with E-state index in [0.717, 1.165) is 38.5 Å². The highest BCUT2D eigenvalue weighted by molar-refractivity contribution is 7.89. The Labute approximate surface area is 270 Å². The molecule has 3 fully saturated rings. The first-order chi connectivity index (χ1) is 21.7. The van der Waals surface area contributed by atoms with E-state index < -0.39 is 10.0 Å². The van der Waals surface area contributed by atoms with E-state index in [9.17, 15) is 13.2 Å². The summed E-state index contributed by atoms with van der Waals surface area (Å²) in [5.41, 5.74) is 2.76. The van der Waals surface area contributed by atoms with Crippen LogP contribution in [-0.2, 0) is 26.0 Å². The quantitative estimate of drug-likeness (QED) is 0.323. The molecular formula is C36H53N3O5S. The highest BCUT2D eigenvalue weighted by Crippen LogP contribution is 2.34. The summed E-state index contributed by atoms with van der Waals surface area (Å²) in [4.78, 5) is 16.0. The highest BCUT2D eigenvalue weighted by Gasteiger charge is 2.34. The highest BCUT2D eigenvalue weighted by atomic mass is 32.2. The largest absolute Gasteiger partial charge is 0.497 e. The Hall–Kier alpha value is -2.46. The van der Waals surface area contributed by atoms with Crippen molar-refractivity contribution in [2.45, 2.75) is 108 Å². The van der Waals surface area contributed by atoms with E-state index >= 15 is 0 Å². The number of carbonyl (C=O) groups excluding carboxylic acids is 1. The fourth-order valence-corrected chi connectivity index (χ4v) is 9.78. The van der Waals surface area contributed by atoms with Gasteiger partial charge in [-0.25, -0.2) is 8.42 Å². The van der Waals surface area contributed by atoms with Crippen molar-refractivity contribution in [3.63, 3.8) is 0 Å². The van der Waals surface area contributed by atoms with Gasteiger partial charge in [-0.05, 0) is 126 Å². The molecule has 2 aliphatic heterocycles. The van der Waals surface area contributed by atoms with Gasteiger partial charge in [-0.15, -0.1) is 0 Å². The average molecular weight is 640 g/mol. The van der Waals surface area contributed by atoms with Crippen LogP contribution in [0, 0.1) is 19.8 Å². The van der Waals surface area contributed by atoms with Crippen LogP contribution in [0.2, 0.25) is 0 Å². The van der Waals surface area contributed by atoms with Crippen molar-refractivity contribution in [3.8, 4) is 5.75 Å². The first-order valence-corrected chi connectivity index (χ1v) is 18.5. The predicted octanol–water partition coefficient (Wildman–Crippen LogP) is 5.64. The van der Waals surface area contributed by atoms with Crippen LogP contribution in [0.4, 0.5) is 0 Å². The van der Waals surface area contributed by atoms with Crippen molar-refractivity contribution < 1.29 is 22.7 Å². The van der Waals surface area contributed by atoms with Gasteiger partial charge in [0, 0.05) is 25.2 Å². The lowest BCUT2D eigenvalue weighted by atomic mass is 9.78. The molecule has 2 saturated heterocycles. The number of sulfonamides is 1. The second-order valence-electron chi connectivity index (χ2n) is 13.4. The summed E-state index contributed by atoms with van der Waals surface area (Å²) in [7, 11) is -2.11. The summed E-state index contributed by atoms with van der Waals surface area (Å²) in [6.45, 7) is 6.71. The summed E-state index contributed by atoms with van der Waals surface area (Å²) in [5.74, 6) is 1.22. The third-order valence-electron chi connectivity index (χ3n) is 10.2. The van der Waals surface area contributed by atoms with Crippen LogP contribution in [-0.4, -0.2) is 81.6 Å². The van der Waals surface area contributed by atoms with Gasteiger partial charge in [-0.1, -0.05) is 36.8 Å². The zero-order chi connectivity index (χ0) is 31.8. The molecule has 45 heavy (non-hydrogen) atoms. The van der Waals surface area contributed by atoms with E-state index in [2.05, 4.69) is 40.5 Å². The normalized spacial score (nSPS) is 24.2. The molecule has 3 aliphatic rings. The second-order valence-corrected chi connectivity index (χ2v) is 15.3. The number of hydrogen-bond acceptors (Lipinski definition) is 6. The Balaban J connectivity index is 1.09. The van der Waals surface area contributed by atoms with Gasteiger partial charge in [0.25, 0.3) is 0 Å². The van der Waals surface area contributed by atoms with E-state index in [1.165, 1.54) is 48.6 Å². The SMILES string of the molecule is COc1cc(C)c(S(=O)(=O)N2CCCC(OCC(=O)NC3CCC(C(CCc4ccccc4)N4CCCCC4)CC3)C2)c(C)c1. The van der Waals surface area contributed by atoms with Crippen LogP contribution in [0.1, 0.15) is 80.9 Å². The van der Waals surface area contributed by atoms with E-state index in [-0.39, 0.29) is 31.2 Å². The zero-order valence-corrected chi connectivity index (χ0v) is 28.3. The van der Waals surface area contributed by atoms with E-state index in [1.54, 1.807) is 33.1 Å². The lowest BCUT2D eigenvalue weighted by molar-refractivity contribution is -0.129. The van der Waals surface area contributed by atoms with E-state index in [1.807, 2.05) is 0 Å². The maximum Gasteiger partial charge on any atom is 0.246 e. The fraction of sp³-hybridized carbons (Fsp3) is 0.639.